The Morgan fingerprint density at radius 2 is 1.38 bits per heavy atom. The van der Waals surface area contributed by atoms with Gasteiger partial charge in [0.25, 0.3) is 6.43 Å². The molecule has 0 unspecified atom stereocenters. The third-order valence-corrected chi connectivity index (χ3v) is 4.72. The molecule has 2 aromatic carbocycles. The van der Waals surface area contributed by atoms with Crippen LogP contribution in [0.2, 0.25) is 0 Å². The number of aliphatic hydroxyl groups excluding tert-OH is 1. The van der Waals surface area contributed by atoms with E-state index in [2.05, 4.69) is 0 Å². The van der Waals surface area contributed by atoms with Crippen LogP contribution in [0, 0.1) is 0 Å². The first-order valence-corrected chi connectivity index (χ1v) is 9.67. The minimum atomic E-state index is -4.82. The number of aliphatic hydroxyl groups is 1. The molecule has 4 nitrogen and oxygen atoms in total. The maximum absolute atomic E-state index is 13.7. The number of carbonyl (C=O) groups is 1. The first-order chi connectivity index (χ1) is 14.7. The Bertz CT molecular complexity index is 893. The van der Waals surface area contributed by atoms with Crippen molar-refractivity contribution in [1.29, 1.82) is 0 Å². The summed E-state index contributed by atoms with van der Waals surface area (Å²) < 4.78 is 79.5. The highest BCUT2D eigenvalue weighted by Crippen LogP contribution is 2.34. The van der Waals surface area contributed by atoms with E-state index in [9.17, 15) is 36.2 Å². The zero-order valence-electron chi connectivity index (χ0n) is 17.3. The van der Waals surface area contributed by atoms with Gasteiger partial charge in [-0.1, -0.05) is 48.5 Å². The van der Waals surface area contributed by atoms with E-state index >= 15 is 0 Å². The zero-order valence-corrected chi connectivity index (χ0v) is 17.3. The van der Waals surface area contributed by atoms with Crippen LogP contribution in [-0.4, -0.2) is 35.3 Å². The number of hydrogen-bond donors (Lipinski definition) is 3. The van der Waals surface area contributed by atoms with E-state index in [1.54, 1.807) is 0 Å². The van der Waals surface area contributed by atoms with Gasteiger partial charge in [-0.3, -0.25) is 4.79 Å². The summed E-state index contributed by atoms with van der Waals surface area (Å²) >= 11 is 0. The molecule has 0 aliphatic carbocycles. The number of hydrogen-bond acceptors (Lipinski definition) is 3. The second kappa shape index (κ2) is 9.91. The Hall–Kier alpha value is -2.59. The summed E-state index contributed by atoms with van der Waals surface area (Å²) in [6.07, 6.45) is -10.1. The van der Waals surface area contributed by atoms with Crippen LogP contribution in [0.25, 0.3) is 11.1 Å². The number of rotatable bonds is 8. The van der Waals surface area contributed by atoms with Gasteiger partial charge >= 0.3 is 6.18 Å². The number of amides is 1. The average Bonchev–Trinajstić information content (AvgIpc) is 2.69. The number of carbonyl (C=O) groups excluding carboxylic acids is 1. The lowest BCUT2D eigenvalue weighted by Crippen LogP contribution is -2.48. The molecule has 0 heterocycles. The molecule has 0 spiro atoms. The monoisotopic (exact) mass is 462 g/mol. The number of halogens is 6. The van der Waals surface area contributed by atoms with E-state index in [4.69, 9.17) is 5.73 Å². The highest BCUT2D eigenvalue weighted by Gasteiger charge is 2.42. The predicted octanol–water partition coefficient (Wildman–Crippen LogP) is 4.84. The summed E-state index contributed by atoms with van der Waals surface area (Å²) in [5.74, 6) is -1.13. The molecular formula is C22H24F6N2O2. The maximum Gasteiger partial charge on any atom is 0.412 e. The van der Waals surface area contributed by atoms with Gasteiger partial charge in [-0.15, -0.1) is 0 Å². The first kappa shape index (κ1) is 25.7. The molecule has 0 aromatic heterocycles. The minimum absolute atomic E-state index is 0.00742. The lowest BCUT2D eigenvalue weighted by molar-refractivity contribution is -0.164. The van der Waals surface area contributed by atoms with Gasteiger partial charge in [0, 0.05) is 6.42 Å². The molecule has 0 saturated carbocycles. The van der Waals surface area contributed by atoms with Crippen molar-refractivity contribution in [3.8, 4) is 11.1 Å². The normalized spacial score (nSPS) is 15.3. The first-order valence-electron chi connectivity index (χ1n) is 9.67. The number of nitrogens with two attached hydrogens (primary N) is 1. The quantitative estimate of drug-likeness (QED) is 0.492. The molecule has 10 heteroatoms. The van der Waals surface area contributed by atoms with Crippen LogP contribution in [0.4, 0.5) is 26.3 Å². The smallest absolute Gasteiger partial charge is 0.382 e. The SMILES string of the molecule is CC(C)(F)C[C@H](N)C(=O)N[C@@H](c1ccc(-c2ccc([C@H](O)C(F)F)cc2)cc1)C(F)(F)F. The summed E-state index contributed by atoms with van der Waals surface area (Å²) in [6.45, 7) is 2.34. The van der Waals surface area contributed by atoms with Crippen molar-refractivity contribution >= 4 is 5.91 Å². The van der Waals surface area contributed by atoms with E-state index in [1.165, 1.54) is 62.4 Å². The number of nitrogens with one attached hydrogen (secondary N) is 1. The molecule has 1 amide bonds. The van der Waals surface area contributed by atoms with Crippen molar-refractivity contribution in [2.75, 3.05) is 0 Å². The van der Waals surface area contributed by atoms with Gasteiger partial charge in [-0.25, -0.2) is 13.2 Å². The summed E-state index contributed by atoms with van der Waals surface area (Å²) in [7, 11) is 0. The van der Waals surface area contributed by atoms with Gasteiger partial charge < -0.3 is 16.2 Å². The maximum atomic E-state index is 13.7. The molecule has 0 radical (unpaired) electrons. The topological polar surface area (TPSA) is 75.4 Å². The fourth-order valence-electron chi connectivity index (χ4n) is 3.11. The molecule has 32 heavy (non-hydrogen) atoms. The molecule has 0 saturated heterocycles. The molecule has 0 bridgehead atoms. The van der Waals surface area contributed by atoms with Crippen molar-refractivity contribution in [3.05, 3.63) is 59.7 Å². The Morgan fingerprint density at radius 3 is 1.75 bits per heavy atom. The minimum Gasteiger partial charge on any atom is -0.382 e. The molecule has 176 valence electrons. The van der Waals surface area contributed by atoms with Crippen molar-refractivity contribution in [1.82, 2.24) is 5.32 Å². The predicted molar refractivity (Wildman–Crippen MR) is 108 cm³/mol. The number of benzene rings is 2. The van der Waals surface area contributed by atoms with E-state index in [0.29, 0.717) is 11.1 Å². The Kier molecular flexibility index (Phi) is 7.95. The third-order valence-electron chi connectivity index (χ3n) is 4.72. The van der Waals surface area contributed by atoms with Crippen LogP contribution < -0.4 is 11.1 Å². The second-order valence-corrected chi connectivity index (χ2v) is 8.04. The summed E-state index contributed by atoms with van der Waals surface area (Å²) in [5.41, 5.74) is 4.49. The summed E-state index contributed by atoms with van der Waals surface area (Å²) in [6, 6.07) is 6.79. The second-order valence-electron chi connectivity index (χ2n) is 8.04. The lowest BCUT2D eigenvalue weighted by Gasteiger charge is -2.25. The molecule has 2 aromatic rings. The van der Waals surface area contributed by atoms with Crippen molar-refractivity contribution < 1.29 is 36.2 Å². The molecule has 0 fully saturated rings. The van der Waals surface area contributed by atoms with E-state index in [0.717, 1.165) is 0 Å². The zero-order chi connectivity index (χ0) is 24.3. The van der Waals surface area contributed by atoms with Crippen molar-refractivity contribution in [2.45, 2.75) is 56.7 Å². The van der Waals surface area contributed by atoms with E-state index < -0.39 is 48.8 Å². The number of alkyl halides is 6. The average molecular weight is 462 g/mol. The van der Waals surface area contributed by atoms with Crippen LogP contribution in [0.5, 0.6) is 0 Å². The molecule has 4 N–H and O–H groups in total. The van der Waals surface area contributed by atoms with Gasteiger partial charge in [0.2, 0.25) is 5.91 Å². The van der Waals surface area contributed by atoms with Crippen molar-refractivity contribution in [3.63, 3.8) is 0 Å². The van der Waals surface area contributed by atoms with Crippen LogP contribution in [0.15, 0.2) is 48.5 Å². The Balaban J connectivity index is 2.21. The standard InChI is InChI=1S/C22H24F6N2O2/c1-21(2,25)11-16(29)20(32)30-18(22(26,27)28)15-9-5-13(6-10-15)12-3-7-14(8-4-12)17(31)19(23)24/h3-10,16-19,31H,11,29H2,1-2H3,(H,30,32)/t16-,17-,18-/m0/s1. The fourth-order valence-corrected chi connectivity index (χ4v) is 3.11. The van der Waals surface area contributed by atoms with Crippen molar-refractivity contribution in [2.24, 2.45) is 5.73 Å². The molecule has 3 atom stereocenters. The van der Waals surface area contributed by atoms with E-state index in [1.807, 2.05) is 5.32 Å². The van der Waals surface area contributed by atoms with Crippen LogP contribution in [0.3, 0.4) is 0 Å². The summed E-state index contributed by atoms with van der Waals surface area (Å²) in [4.78, 5) is 12.1. The van der Waals surface area contributed by atoms with Gasteiger partial charge in [0.15, 0.2) is 6.04 Å². The van der Waals surface area contributed by atoms with Crippen LogP contribution in [-0.2, 0) is 4.79 Å². The molecular weight excluding hydrogens is 438 g/mol. The van der Waals surface area contributed by atoms with Crippen LogP contribution >= 0.6 is 0 Å². The third kappa shape index (κ3) is 6.96. The molecule has 0 aliphatic heterocycles. The van der Waals surface area contributed by atoms with E-state index in [-0.39, 0.29) is 11.1 Å². The summed E-state index contributed by atoms with van der Waals surface area (Å²) in [5, 5.41) is 11.2. The Labute approximate surface area is 181 Å². The fraction of sp³-hybridized carbons (Fsp3) is 0.409. The molecule has 0 aliphatic rings. The van der Waals surface area contributed by atoms with Gasteiger partial charge in [-0.2, -0.15) is 13.2 Å². The largest absolute Gasteiger partial charge is 0.412 e. The highest BCUT2D eigenvalue weighted by molar-refractivity contribution is 5.82. The van der Waals surface area contributed by atoms with Gasteiger partial charge in [0.1, 0.15) is 11.8 Å². The van der Waals surface area contributed by atoms with Gasteiger partial charge in [0.05, 0.1) is 6.04 Å². The van der Waals surface area contributed by atoms with Gasteiger partial charge in [-0.05, 0) is 36.1 Å². The highest BCUT2D eigenvalue weighted by atomic mass is 19.4. The lowest BCUT2D eigenvalue weighted by atomic mass is 9.97. The van der Waals surface area contributed by atoms with Crippen LogP contribution in [0.1, 0.15) is 43.5 Å². The molecule has 2 rings (SSSR count). The Morgan fingerprint density at radius 1 is 0.938 bits per heavy atom.